The number of ether oxygens (including phenoxy) is 1. The van der Waals surface area contributed by atoms with Gasteiger partial charge in [-0.15, -0.1) is 0 Å². The van der Waals surface area contributed by atoms with Crippen molar-refractivity contribution in [1.82, 2.24) is 5.32 Å². The number of rotatable bonds is 8. The van der Waals surface area contributed by atoms with Gasteiger partial charge >= 0.3 is 0 Å². The minimum absolute atomic E-state index is 0.0825. The Balaban J connectivity index is 2.95. The average molecular weight is 269 g/mol. The normalized spacial score (nSPS) is 29.7. The van der Waals surface area contributed by atoms with Crippen molar-refractivity contribution in [1.29, 1.82) is 0 Å². The van der Waals surface area contributed by atoms with Crippen LogP contribution in [-0.2, 0) is 4.74 Å². The molecule has 1 saturated carbocycles. The lowest BCUT2D eigenvalue weighted by Gasteiger charge is -2.48. The molecule has 0 radical (unpaired) electrons. The molecular formula is C17H35NO. The van der Waals surface area contributed by atoms with Crippen LogP contribution < -0.4 is 5.32 Å². The van der Waals surface area contributed by atoms with E-state index in [1.54, 1.807) is 0 Å². The van der Waals surface area contributed by atoms with Crippen molar-refractivity contribution >= 4 is 0 Å². The Kier molecular flexibility index (Phi) is 7.38. The quantitative estimate of drug-likeness (QED) is 0.706. The van der Waals surface area contributed by atoms with Crippen molar-refractivity contribution in [2.75, 3.05) is 13.2 Å². The van der Waals surface area contributed by atoms with Crippen molar-refractivity contribution in [3.05, 3.63) is 0 Å². The maximum atomic E-state index is 6.38. The first-order valence-electron chi connectivity index (χ1n) is 8.50. The molecule has 0 heterocycles. The van der Waals surface area contributed by atoms with Gasteiger partial charge < -0.3 is 10.1 Å². The van der Waals surface area contributed by atoms with E-state index in [0.717, 1.165) is 25.0 Å². The van der Waals surface area contributed by atoms with E-state index in [9.17, 15) is 0 Å². The van der Waals surface area contributed by atoms with Crippen LogP contribution in [0.2, 0.25) is 0 Å². The maximum Gasteiger partial charge on any atom is 0.0839 e. The number of hydrogen-bond donors (Lipinski definition) is 1. The highest BCUT2D eigenvalue weighted by Crippen LogP contribution is 2.41. The van der Waals surface area contributed by atoms with Gasteiger partial charge in [0.25, 0.3) is 0 Å². The van der Waals surface area contributed by atoms with Gasteiger partial charge in [0.1, 0.15) is 0 Å². The van der Waals surface area contributed by atoms with Gasteiger partial charge in [-0.1, -0.05) is 53.4 Å². The second-order valence-electron chi connectivity index (χ2n) is 6.31. The molecule has 19 heavy (non-hydrogen) atoms. The first-order chi connectivity index (χ1) is 9.13. The molecule has 1 aliphatic rings. The molecule has 114 valence electrons. The van der Waals surface area contributed by atoms with Crippen molar-refractivity contribution in [2.24, 2.45) is 11.8 Å². The van der Waals surface area contributed by atoms with Gasteiger partial charge in [-0.3, -0.25) is 0 Å². The van der Waals surface area contributed by atoms with Crippen molar-refractivity contribution in [2.45, 2.75) is 84.8 Å². The Morgan fingerprint density at radius 2 is 1.89 bits per heavy atom. The van der Waals surface area contributed by atoms with Gasteiger partial charge in [-0.25, -0.2) is 0 Å². The highest BCUT2D eigenvalue weighted by atomic mass is 16.5. The van der Waals surface area contributed by atoms with Crippen molar-refractivity contribution in [3.8, 4) is 0 Å². The van der Waals surface area contributed by atoms with E-state index in [-0.39, 0.29) is 5.60 Å². The van der Waals surface area contributed by atoms with Crippen LogP contribution >= 0.6 is 0 Å². The van der Waals surface area contributed by atoms with Crippen LogP contribution in [0.1, 0.15) is 73.1 Å². The van der Waals surface area contributed by atoms with Gasteiger partial charge in [-0.05, 0) is 38.1 Å². The summed E-state index contributed by atoms with van der Waals surface area (Å²) >= 11 is 0. The fraction of sp³-hybridized carbons (Fsp3) is 1.00. The minimum atomic E-state index is 0.0825. The van der Waals surface area contributed by atoms with Crippen molar-refractivity contribution in [3.63, 3.8) is 0 Å². The van der Waals surface area contributed by atoms with Gasteiger partial charge in [0.2, 0.25) is 0 Å². The summed E-state index contributed by atoms with van der Waals surface area (Å²) in [5.41, 5.74) is 0.0825. The summed E-state index contributed by atoms with van der Waals surface area (Å²) in [7, 11) is 0. The molecule has 2 heteroatoms. The smallest absolute Gasteiger partial charge is 0.0839 e. The lowest BCUT2D eigenvalue weighted by molar-refractivity contribution is -0.112. The first-order valence-corrected chi connectivity index (χ1v) is 8.50. The Morgan fingerprint density at radius 3 is 2.37 bits per heavy atom. The van der Waals surface area contributed by atoms with E-state index < -0.39 is 0 Å². The topological polar surface area (TPSA) is 21.3 Å². The Bertz CT molecular complexity index is 235. The van der Waals surface area contributed by atoms with E-state index in [1.807, 2.05) is 0 Å². The largest absolute Gasteiger partial charge is 0.374 e. The zero-order valence-electron chi connectivity index (χ0n) is 13.8. The third kappa shape index (κ3) is 4.19. The molecule has 1 N–H and O–H groups in total. The van der Waals surface area contributed by atoms with Gasteiger partial charge in [-0.2, -0.15) is 0 Å². The second-order valence-corrected chi connectivity index (χ2v) is 6.31. The molecule has 2 nitrogen and oxygen atoms in total. The third-order valence-corrected chi connectivity index (χ3v) is 4.93. The third-order valence-electron chi connectivity index (χ3n) is 4.93. The lowest BCUT2D eigenvalue weighted by atomic mass is 9.70. The van der Waals surface area contributed by atoms with Crippen molar-refractivity contribution < 1.29 is 4.74 Å². The van der Waals surface area contributed by atoms with Gasteiger partial charge in [0, 0.05) is 12.6 Å². The highest BCUT2D eigenvalue weighted by molar-refractivity contribution is 4.99. The summed E-state index contributed by atoms with van der Waals surface area (Å²) in [6.07, 6.45) is 7.66. The summed E-state index contributed by atoms with van der Waals surface area (Å²) in [6.45, 7) is 13.3. The molecule has 0 bridgehead atoms. The lowest BCUT2D eigenvalue weighted by Crippen LogP contribution is -2.58. The summed E-state index contributed by atoms with van der Waals surface area (Å²) in [6, 6.07) is 0.523. The van der Waals surface area contributed by atoms with Gasteiger partial charge in [0.15, 0.2) is 0 Å². The summed E-state index contributed by atoms with van der Waals surface area (Å²) in [5.74, 6) is 1.53. The van der Waals surface area contributed by atoms with Gasteiger partial charge in [0.05, 0.1) is 5.60 Å². The van der Waals surface area contributed by atoms with Crippen LogP contribution in [0.3, 0.4) is 0 Å². The monoisotopic (exact) mass is 269 g/mol. The second kappa shape index (κ2) is 8.26. The predicted molar refractivity (Wildman–Crippen MR) is 83.5 cm³/mol. The zero-order chi connectivity index (χ0) is 14.3. The molecule has 1 aliphatic carbocycles. The van der Waals surface area contributed by atoms with Crippen LogP contribution in [0.15, 0.2) is 0 Å². The van der Waals surface area contributed by atoms with E-state index in [2.05, 4.69) is 39.9 Å². The fourth-order valence-electron chi connectivity index (χ4n) is 4.10. The average Bonchev–Trinajstić information content (AvgIpc) is 2.39. The summed E-state index contributed by atoms with van der Waals surface area (Å²) in [4.78, 5) is 0. The van der Waals surface area contributed by atoms with Crippen LogP contribution in [0.25, 0.3) is 0 Å². The molecule has 1 fully saturated rings. The molecule has 1 rings (SSSR count). The molecule has 0 aromatic rings. The maximum absolute atomic E-state index is 6.38. The number of nitrogens with one attached hydrogen (secondary N) is 1. The van der Waals surface area contributed by atoms with E-state index in [1.165, 1.54) is 38.5 Å². The SMILES string of the molecule is CCNC(C(CC)CC)C1(OCC)CCCC(C)C1. The van der Waals surface area contributed by atoms with E-state index >= 15 is 0 Å². The fourth-order valence-corrected chi connectivity index (χ4v) is 4.10. The summed E-state index contributed by atoms with van der Waals surface area (Å²) < 4.78 is 6.38. The van der Waals surface area contributed by atoms with E-state index in [0.29, 0.717) is 6.04 Å². The zero-order valence-corrected chi connectivity index (χ0v) is 13.8. The first kappa shape index (κ1) is 17.0. The molecule has 0 saturated heterocycles. The van der Waals surface area contributed by atoms with E-state index in [4.69, 9.17) is 4.74 Å². The minimum Gasteiger partial charge on any atom is -0.374 e. The van der Waals surface area contributed by atoms with Crippen LogP contribution in [0, 0.1) is 11.8 Å². The Morgan fingerprint density at radius 1 is 1.21 bits per heavy atom. The molecule has 0 amide bonds. The van der Waals surface area contributed by atoms with Crippen LogP contribution in [-0.4, -0.2) is 24.8 Å². The Hall–Kier alpha value is -0.0800. The predicted octanol–water partition coefficient (Wildman–Crippen LogP) is 4.39. The molecule has 0 aliphatic heterocycles. The number of hydrogen-bond acceptors (Lipinski definition) is 2. The standard InChI is InChI=1S/C17H35NO/c1-6-15(7-2)16(18-8-3)17(19-9-4)12-10-11-14(5)13-17/h14-16,18H,6-13H2,1-5H3. The summed E-state index contributed by atoms with van der Waals surface area (Å²) in [5, 5.41) is 3.78. The highest BCUT2D eigenvalue weighted by Gasteiger charge is 2.44. The molecule has 0 aromatic heterocycles. The van der Waals surface area contributed by atoms with Crippen LogP contribution in [0.4, 0.5) is 0 Å². The molecular weight excluding hydrogens is 234 g/mol. The van der Waals surface area contributed by atoms with Crippen LogP contribution in [0.5, 0.6) is 0 Å². The number of likely N-dealkylation sites (N-methyl/N-ethyl adjacent to an activating group) is 1. The molecule has 3 atom stereocenters. The molecule has 3 unspecified atom stereocenters. The Labute approximate surface area is 120 Å². The molecule has 0 aromatic carbocycles. The molecule has 0 spiro atoms.